The van der Waals surface area contributed by atoms with E-state index >= 15 is 0 Å². The Hall–Kier alpha value is -1.55. The second-order valence-corrected chi connectivity index (χ2v) is 7.22. The highest BCUT2D eigenvalue weighted by Crippen LogP contribution is 2.21. The number of aryl methyl sites for hydroxylation is 1. The van der Waals surface area contributed by atoms with Crippen LogP contribution in [0.15, 0.2) is 6.20 Å². The summed E-state index contributed by atoms with van der Waals surface area (Å²) >= 11 is 0. The first kappa shape index (κ1) is 14.5. The second kappa shape index (κ2) is 4.98. The largest absolute Gasteiger partial charge is 0.266 e. The van der Waals surface area contributed by atoms with Crippen molar-refractivity contribution < 1.29 is 8.42 Å². The van der Waals surface area contributed by atoms with Crippen LogP contribution in [0.25, 0.3) is 0 Å². The summed E-state index contributed by atoms with van der Waals surface area (Å²) in [5.74, 6) is 0.235. The fourth-order valence-electron chi connectivity index (χ4n) is 1.28. The summed E-state index contributed by atoms with van der Waals surface area (Å²) in [5, 5.41) is 12.7. The quantitative estimate of drug-likeness (QED) is 0.897. The molecule has 0 aromatic carbocycles. The van der Waals surface area contributed by atoms with Crippen molar-refractivity contribution in [1.29, 1.82) is 5.26 Å². The van der Waals surface area contributed by atoms with Crippen molar-refractivity contribution in [2.24, 2.45) is 12.5 Å². The van der Waals surface area contributed by atoms with Gasteiger partial charge in [0.1, 0.15) is 11.6 Å². The van der Waals surface area contributed by atoms with Gasteiger partial charge in [-0.2, -0.15) is 10.4 Å². The molecule has 0 aliphatic carbocycles. The standard InChI is InChI=1S/C11H18N4O2S/c1-11(2,3)5-6-18(16,17)14-10-9(7-12)8-13-15(10)4/h8,14H,5-6H2,1-4H3. The number of hydrogen-bond acceptors (Lipinski definition) is 4. The van der Waals surface area contributed by atoms with Crippen molar-refractivity contribution in [3.05, 3.63) is 11.8 Å². The van der Waals surface area contributed by atoms with Crippen LogP contribution in [-0.2, 0) is 17.1 Å². The molecule has 1 heterocycles. The molecule has 6 nitrogen and oxygen atoms in total. The minimum atomic E-state index is -3.45. The van der Waals surface area contributed by atoms with E-state index in [0.29, 0.717) is 6.42 Å². The molecule has 0 unspecified atom stereocenters. The van der Waals surface area contributed by atoms with Gasteiger partial charge in [0.05, 0.1) is 11.9 Å². The summed E-state index contributed by atoms with van der Waals surface area (Å²) in [6, 6.07) is 1.90. The molecule has 0 saturated carbocycles. The Morgan fingerprint density at radius 2 is 2.11 bits per heavy atom. The van der Waals surface area contributed by atoms with E-state index in [1.165, 1.54) is 10.9 Å². The Morgan fingerprint density at radius 1 is 1.50 bits per heavy atom. The summed E-state index contributed by atoms with van der Waals surface area (Å²) in [6.07, 6.45) is 1.88. The van der Waals surface area contributed by atoms with E-state index < -0.39 is 10.0 Å². The van der Waals surface area contributed by atoms with E-state index in [-0.39, 0.29) is 22.5 Å². The van der Waals surface area contributed by atoms with Crippen molar-refractivity contribution in [3.63, 3.8) is 0 Å². The van der Waals surface area contributed by atoms with Crippen LogP contribution in [0.4, 0.5) is 5.82 Å². The van der Waals surface area contributed by atoms with Gasteiger partial charge in [0.25, 0.3) is 0 Å². The third-order valence-electron chi connectivity index (χ3n) is 2.43. The van der Waals surface area contributed by atoms with E-state index in [1.54, 1.807) is 7.05 Å². The third-order valence-corrected chi connectivity index (χ3v) is 3.68. The molecule has 0 amide bonds. The minimum absolute atomic E-state index is 0.0204. The highest BCUT2D eigenvalue weighted by molar-refractivity contribution is 7.92. The van der Waals surface area contributed by atoms with Gasteiger partial charge < -0.3 is 0 Å². The summed E-state index contributed by atoms with van der Waals surface area (Å²) in [6.45, 7) is 5.94. The van der Waals surface area contributed by atoms with Gasteiger partial charge >= 0.3 is 0 Å². The summed E-state index contributed by atoms with van der Waals surface area (Å²) < 4.78 is 27.6. The Labute approximate surface area is 108 Å². The molecule has 0 bridgehead atoms. The number of hydrogen-bond donors (Lipinski definition) is 1. The Morgan fingerprint density at radius 3 is 2.61 bits per heavy atom. The molecule has 0 fully saturated rings. The molecule has 7 heteroatoms. The van der Waals surface area contributed by atoms with Crippen LogP contribution in [0, 0.1) is 16.7 Å². The lowest BCUT2D eigenvalue weighted by molar-refractivity contribution is 0.397. The summed E-state index contributed by atoms with van der Waals surface area (Å²) in [7, 11) is -1.87. The topological polar surface area (TPSA) is 87.8 Å². The number of aromatic nitrogens is 2. The number of nitrogens with one attached hydrogen (secondary N) is 1. The normalized spacial score (nSPS) is 12.2. The van der Waals surface area contributed by atoms with E-state index in [4.69, 9.17) is 5.26 Å². The molecule has 0 atom stereocenters. The second-order valence-electron chi connectivity index (χ2n) is 5.37. The maximum Gasteiger partial charge on any atom is 0.233 e. The van der Waals surface area contributed by atoms with E-state index in [9.17, 15) is 8.42 Å². The molecule has 0 spiro atoms. The average molecular weight is 270 g/mol. The number of nitrogens with zero attached hydrogens (tertiary/aromatic N) is 3. The first-order chi connectivity index (χ1) is 8.14. The van der Waals surface area contributed by atoms with Crippen LogP contribution >= 0.6 is 0 Å². The number of sulfonamides is 1. The molecule has 1 N–H and O–H groups in total. The average Bonchev–Trinajstić information content (AvgIpc) is 2.56. The van der Waals surface area contributed by atoms with Crippen molar-refractivity contribution in [2.75, 3.05) is 10.5 Å². The number of anilines is 1. The predicted octanol–water partition coefficient (Wildman–Crippen LogP) is 1.47. The van der Waals surface area contributed by atoms with Crippen molar-refractivity contribution in [2.45, 2.75) is 27.2 Å². The summed E-state index contributed by atoms with van der Waals surface area (Å²) in [4.78, 5) is 0. The molecule has 0 radical (unpaired) electrons. The first-order valence-electron chi connectivity index (χ1n) is 5.57. The molecule has 1 aromatic heterocycles. The van der Waals surface area contributed by atoms with Gasteiger partial charge in [0, 0.05) is 7.05 Å². The maximum absolute atomic E-state index is 11.9. The predicted molar refractivity (Wildman–Crippen MR) is 69.4 cm³/mol. The molecule has 18 heavy (non-hydrogen) atoms. The molecular weight excluding hydrogens is 252 g/mol. The van der Waals surface area contributed by atoms with Gasteiger partial charge in [-0.3, -0.25) is 9.40 Å². The highest BCUT2D eigenvalue weighted by Gasteiger charge is 2.20. The first-order valence-corrected chi connectivity index (χ1v) is 7.22. The van der Waals surface area contributed by atoms with Crippen LogP contribution < -0.4 is 4.72 Å². The third kappa shape index (κ3) is 4.04. The zero-order chi connectivity index (χ0) is 14.0. The van der Waals surface area contributed by atoms with Crippen LogP contribution in [0.3, 0.4) is 0 Å². The monoisotopic (exact) mass is 270 g/mol. The summed E-state index contributed by atoms with van der Waals surface area (Å²) in [5.41, 5.74) is 0.163. The fourth-order valence-corrected chi connectivity index (χ4v) is 2.80. The SMILES string of the molecule is Cn1ncc(C#N)c1NS(=O)(=O)CCC(C)(C)C. The Balaban J connectivity index is 2.84. The van der Waals surface area contributed by atoms with Gasteiger partial charge in [0.15, 0.2) is 5.82 Å². The highest BCUT2D eigenvalue weighted by atomic mass is 32.2. The lowest BCUT2D eigenvalue weighted by atomic mass is 9.94. The van der Waals surface area contributed by atoms with Crippen molar-refractivity contribution >= 4 is 15.8 Å². The lowest BCUT2D eigenvalue weighted by Gasteiger charge is -2.18. The Bertz CT molecular complexity index is 561. The van der Waals surface area contributed by atoms with Crippen LogP contribution in [0.5, 0.6) is 0 Å². The molecule has 0 aliphatic rings. The van der Waals surface area contributed by atoms with Gasteiger partial charge in [-0.25, -0.2) is 8.42 Å². The van der Waals surface area contributed by atoms with Crippen LogP contribution in [0.2, 0.25) is 0 Å². The van der Waals surface area contributed by atoms with E-state index in [1.807, 2.05) is 26.8 Å². The Kier molecular flexibility index (Phi) is 4.02. The fraction of sp³-hybridized carbons (Fsp3) is 0.636. The number of nitriles is 1. The molecule has 1 rings (SSSR count). The van der Waals surface area contributed by atoms with Gasteiger partial charge in [-0.1, -0.05) is 20.8 Å². The lowest BCUT2D eigenvalue weighted by Crippen LogP contribution is -2.22. The van der Waals surface area contributed by atoms with Crippen molar-refractivity contribution in [1.82, 2.24) is 9.78 Å². The van der Waals surface area contributed by atoms with E-state index in [0.717, 1.165) is 0 Å². The van der Waals surface area contributed by atoms with Crippen molar-refractivity contribution in [3.8, 4) is 6.07 Å². The maximum atomic E-state index is 11.9. The molecular formula is C11H18N4O2S. The molecule has 0 saturated heterocycles. The molecule has 100 valence electrons. The van der Waals surface area contributed by atoms with Gasteiger partial charge in [-0.05, 0) is 11.8 Å². The molecule has 0 aliphatic heterocycles. The van der Waals surface area contributed by atoms with Crippen LogP contribution in [0.1, 0.15) is 32.8 Å². The van der Waals surface area contributed by atoms with Gasteiger partial charge in [0.2, 0.25) is 10.0 Å². The van der Waals surface area contributed by atoms with Gasteiger partial charge in [-0.15, -0.1) is 0 Å². The zero-order valence-electron chi connectivity index (χ0n) is 11.1. The van der Waals surface area contributed by atoms with E-state index in [2.05, 4.69) is 9.82 Å². The smallest absolute Gasteiger partial charge is 0.233 e. The zero-order valence-corrected chi connectivity index (χ0v) is 11.9. The number of rotatable bonds is 4. The molecule has 1 aromatic rings. The van der Waals surface area contributed by atoms with Crippen LogP contribution in [-0.4, -0.2) is 24.0 Å². The minimum Gasteiger partial charge on any atom is -0.266 e.